The van der Waals surface area contributed by atoms with Crippen molar-refractivity contribution < 1.29 is 9.53 Å². The first-order valence-electron chi connectivity index (χ1n) is 6.15. The van der Waals surface area contributed by atoms with Crippen LogP contribution in [-0.2, 0) is 4.74 Å². The van der Waals surface area contributed by atoms with Crippen molar-refractivity contribution in [3.63, 3.8) is 0 Å². The van der Waals surface area contributed by atoms with Gasteiger partial charge in [0.05, 0.1) is 23.2 Å². The number of pyridine rings is 1. The molecule has 0 aliphatic heterocycles. The van der Waals surface area contributed by atoms with Crippen LogP contribution in [-0.4, -0.2) is 30.1 Å². The van der Waals surface area contributed by atoms with E-state index in [1.165, 1.54) is 12.3 Å². The van der Waals surface area contributed by atoms with Crippen LogP contribution in [0.1, 0.15) is 31.1 Å². The van der Waals surface area contributed by atoms with E-state index in [1.807, 2.05) is 20.8 Å². The Bertz CT molecular complexity index is 439. The van der Waals surface area contributed by atoms with Gasteiger partial charge in [0, 0.05) is 12.8 Å². The lowest BCUT2D eigenvalue weighted by Crippen LogP contribution is -2.42. The van der Waals surface area contributed by atoms with E-state index in [0.29, 0.717) is 18.8 Å². The van der Waals surface area contributed by atoms with Crippen LogP contribution in [0.4, 0.5) is 0 Å². The Hall–Kier alpha value is -0.840. The summed E-state index contributed by atoms with van der Waals surface area (Å²) in [6, 6.07) is 1.38. The zero-order valence-corrected chi connectivity index (χ0v) is 12.8. The molecule has 0 fully saturated rings. The lowest BCUT2D eigenvalue weighted by Gasteiger charge is -2.22. The third kappa shape index (κ3) is 4.97. The molecule has 1 N–H and O–H groups in total. The van der Waals surface area contributed by atoms with Crippen LogP contribution in [0, 0.1) is 5.92 Å². The minimum atomic E-state index is -0.271. The first kappa shape index (κ1) is 16.2. The Morgan fingerprint density at radius 1 is 1.47 bits per heavy atom. The smallest absolute Gasteiger partial charge is 0.253 e. The Morgan fingerprint density at radius 3 is 2.74 bits per heavy atom. The first-order chi connectivity index (χ1) is 8.95. The normalized spacial score (nSPS) is 12.5. The topological polar surface area (TPSA) is 51.2 Å². The van der Waals surface area contributed by atoms with E-state index in [2.05, 4.69) is 10.3 Å². The van der Waals surface area contributed by atoms with Gasteiger partial charge < -0.3 is 10.1 Å². The summed E-state index contributed by atoms with van der Waals surface area (Å²) in [4.78, 5) is 16.0. The molecule has 1 aromatic rings. The zero-order chi connectivity index (χ0) is 14.4. The fourth-order valence-corrected chi connectivity index (χ4v) is 1.83. The highest BCUT2D eigenvalue weighted by Crippen LogP contribution is 2.18. The molecule has 1 rings (SSSR count). The molecule has 6 heteroatoms. The van der Waals surface area contributed by atoms with E-state index in [0.717, 1.165) is 0 Å². The molecule has 0 aliphatic carbocycles. The molecule has 1 unspecified atom stereocenters. The van der Waals surface area contributed by atoms with Crippen molar-refractivity contribution in [1.29, 1.82) is 0 Å². The number of nitrogens with one attached hydrogen (secondary N) is 1. The van der Waals surface area contributed by atoms with Gasteiger partial charge in [-0.15, -0.1) is 0 Å². The van der Waals surface area contributed by atoms with Gasteiger partial charge in [-0.25, -0.2) is 4.98 Å². The summed E-state index contributed by atoms with van der Waals surface area (Å²) in [5.74, 6) is -0.0145. The van der Waals surface area contributed by atoms with Crippen LogP contribution in [0.25, 0.3) is 0 Å². The van der Waals surface area contributed by atoms with Crippen molar-refractivity contribution in [2.75, 3.05) is 13.2 Å². The number of halogens is 2. The monoisotopic (exact) mass is 304 g/mol. The number of nitrogens with zero attached hydrogens (tertiary/aromatic N) is 1. The van der Waals surface area contributed by atoms with Gasteiger partial charge in [-0.3, -0.25) is 4.79 Å². The van der Waals surface area contributed by atoms with E-state index in [-0.39, 0.29) is 28.0 Å². The van der Waals surface area contributed by atoms with Gasteiger partial charge in [-0.05, 0) is 18.9 Å². The molecule has 1 amide bonds. The molecule has 1 atom stereocenters. The summed E-state index contributed by atoms with van der Waals surface area (Å²) in [6.07, 6.45) is 1.37. The number of rotatable bonds is 6. The maximum atomic E-state index is 12.2. The van der Waals surface area contributed by atoms with Gasteiger partial charge in [-0.2, -0.15) is 0 Å². The van der Waals surface area contributed by atoms with Crippen molar-refractivity contribution >= 4 is 29.1 Å². The lowest BCUT2D eigenvalue weighted by atomic mass is 10.0. The highest BCUT2D eigenvalue weighted by atomic mass is 35.5. The number of aromatic nitrogens is 1. The molecule has 0 aliphatic rings. The quantitative estimate of drug-likeness (QED) is 0.821. The van der Waals surface area contributed by atoms with Gasteiger partial charge in [0.2, 0.25) is 0 Å². The number of carbonyl (C=O) groups is 1. The largest absolute Gasteiger partial charge is 0.380 e. The van der Waals surface area contributed by atoms with Crippen molar-refractivity contribution in [3.8, 4) is 0 Å². The molecule has 0 saturated carbocycles. The molecule has 106 valence electrons. The van der Waals surface area contributed by atoms with Crippen molar-refractivity contribution in [3.05, 3.63) is 28.0 Å². The van der Waals surface area contributed by atoms with E-state index in [4.69, 9.17) is 27.9 Å². The van der Waals surface area contributed by atoms with Crippen molar-refractivity contribution in [2.45, 2.75) is 26.8 Å². The number of amides is 1. The maximum Gasteiger partial charge on any atom is 0.253 e. The van der Waals surface area contributed by atoms with Gasteiger partial charge in [0.25, 0.3) is 5.91 Å². The second kappa shape index (κ2) is 7.68. The Morgan fingerprint density at radius 2 is 2.16 bits per heavy atom. The predicted molar refractivity (Wildman–Crippen MR) is 76.8 cm³/mol. The summed E-state index contributed by atoms with van der Waals surface area (Å²) in [5.41, 5.74) is 0.323. The fraction of sp³-hybridized carbons (Fsp3) is 0.538. The van der Waals surface area contributed by atoms with Crippen LogP contribution >= 0.6 is 23.2 Å². The highest BCUT2D eigenvalue weighted by Gasteiger charge is 2.19. The van der Waals surface area contributed by atoms with Gasteiger partial charge >= 0.3 is 0 Å². The van der Waals surface area contributed by atoms with E-state index in [9.17, 15) is 4.79 Å². The maximum absolute atomic E-state index is 12.2. The predicted octanol–water partition coefficient (Wildman–Crippen LogP) is 3.18. The van der Waals surface area contributed by atoms with E-state index >= 15 is 0 Å². The number of carbonyl (C=O) groups excluding carboxylic acids is 1. The zero-order valence-electron chi connectivity index (χ0n) is 11.2. The molecule has 4 nitrogen and oxygen atoms in total. The number of ether oxygens (including phenoxy) is 1. The van der Waals surface area contributed by atoms with Crippen LogP contribution in [0.3, 0.4) is 0 Å². The number of hydrogen-bond acceptors (Lipinski definition) is 3. The second-order valence-electron chi connectivity index (χ2n) is 4.47. The Balaban J connectivity index is 2.78. The van der Waals surface area contributed by atoms with Gasteiger partial charge in [-0.1, -0.05) is 37.0 Å². The summed E-state index contributed by atoms with van der Waals surface area (Å²) >= 11 is 11.7. The van der Waals surface area contributed by atoms with Crippen LogP contribution in [0.15, 0.2) is 12.3 Å². The van der Waals surface area contributed by atoms with Crippen molar-refractivity contribution in [1.82, 2.24) is 10.3 Å². The molecule has 1 heterocycles. The lowest BCUT2D eigenvalue weighted by molar-refractivity contribution is 0.0806. The van der Waals surface area contributed by atoms with Crippen LogP contribution in [0.2, 0.25) is 10.2 Å². The van der Waals surface area contributed by atoms with Crippen LogP contribution in [0.5, 0.6) is 0 Å². The SMILES string of the molecule is CCOCC(NC(=O)c1cc(Cl)ncc1Cl)C(C)C. The molecule has 0 bridgehead atoms. The summed E-state index contributed by atoms with van der Waals surface area (Å²) < 4.78 is 5.36. The summed E-state index contributed by atoms with van der Waals surface area (Å²) in [6.45, 7) is 7.03. The average molecular weight is 305 g/mol. The Labute approximate surface area is 123 Å². The summed E-state index contributed by atoms with van der Waals surface area (Å²) in [5, 5.41) is 3.42. The molecule has 0 spiro atoms. The molecule has 1 aromatic heterocycles. The summed E-state index contributed by atoms with van der Waals surface area (Å²) in [7, 11) is 0. The number of hydrogen-bond donors (Lipinski definition) is 1. The molecule has 0 saturated heterocycles. The highest BCUT2D eigenvalue weighted by molar-refractivity contribution is 6.35. The minimum absolute atomic E-state index is 0.0737. The molecule has 0 aromatic carbocycles. The first-order valence-corrected chi connectivity index (χ1v) is 6.91. The van der Waals surface area contributed by atoms with Crippen molar-refractivity contribution in [2.24, 2.45) is 5.92 Å². The minimum Gasteiger partial charge on any atom is -0.380 e. The third-order valence-electron chi connectivity index (χ3n) is 2.69. The second-order valence-corrected chi connectivity index (χ2v) is 5.26. The standard InChI is InChI=1S/C13H18Cl2N2O2/c1-4-19-7-11(8(2)3)17-13(18)9-5-12(15)16-6-10(9)14/h5-6,8,11H,4,7H2,1-3H3,(H,17,18). The molecular formula is C13H18Cl2N2O2. The van der Waals surface area contributed by atoms with Gasteiger partial charge in [0.1, 0.15) is 5.15 Å². The molecule has 0 radical (unpaired) electrons. The fourth-order valence-electron chi connectivity index (χ4n) is 1.48. The molecule has 19 heavy (non-hydrogen) atoms. The van der Waals surface area contributed by atoms with E-state index in [1.54, 1.807) is 0 Å². The van der Waals surface area contributed by atoms with Crippen LogP contribution < -0.4 is 5.32 Å². The Kier molecular flexibility index (Phi) is 6.55. The average Bonchev–Trinajstić information content (AvgIpc) is 2.36. The van der Waals surface area contributed by atoms with Gasteiger partial charge in [0.15, 0.2) is 0 Å². The van der Waals surface area contributed by atoms with E-state index < -0.39 is 0 Å². The third-order valence-corrected chi connectivity index (χ3v) is 3.20. The molecular weight excluding hydrogens is 287 g/mol.